The van der Waals surface area contributed by atoms with E-state index in [-0.39, 0.29) is 11.6 Å². The van der Waals surface area contributed by atoms with Crippen LogP contribution in [-0.4, -0.2) is 37.6 Å². The zero-order chi connectivity index (χ0) is 10.6. The molecular weight excluding hydrogens is 172 g/mol. The lowest BCUT2D eigenvalue weighted by atomic mass is 9.75. The molecule has 1 aliphatic rings. The molecule has 0 spiro atoms. The first kappa shape index (κ1) is 11.6. The van der Waals surface area contributed by atoms with Gasteiger partial charge in [0.25, 0.3) is 0 Å². The molecule has 0 heterocycles. The van der Waals surface area contributed by atoms with E-state index in [1.165, 1.54) is 32.1 Å². The van der Waals surface area contributed by atoms with Crippen molar-refractivity contribution in [3.63, 3.8) is 0 Å². The van der Waals surface area contributed by atoms with Gasteiger partial charge in [0.2, 0.25) is 0 Å². The fourth-order valence-corrected chi connectivity index (χ4v) is 2.67. The molecule has 0 radical (unpaired) electrons. The number of terminal acetylenes is 1. The first-order valence-corrected chi connectivity index (χ1v) is 5.48. The Morgan fingerprint density at radius 1 is 1.29 bits per heavy atom. The molecule has 0 bridgehead atoms. The third kappa shape index (κ3) is 1.94. The van der Waals surface area contributed by atoms with Gasteiger partial charge in [0.15, 0.2) is 0 Å². The Hall–Kier alpha value is -0.520. The van der Waals surface area contributed by atoms with Crippen molar-refractivity contribution in [3.05, 3.63) is 0 Å². The molecule has 2 nitrogen and oxygen atoms in total. The van der Waals surface area contributed by atoms with Gasteiger partial charge in [0, 0.05) is 5.54 Å². The number of rotatable bonds is 3. The number of hydrogen-bond acceptors (Lipinski definition) is 2. The van der Waals surface area contributed by atoms with Crippen LogP contribution in [0, 0.1) is 12.3 Å². The van der Waals surface area contributed by atoms with Crippen LogP contribution in [0.15, 0.2) is 0 Å². The van der Waals surface area contributed by atoms with Gasteiger partial charge in [-0.3, -0.25) is 0 Å². The molecule has 1 fully saturated rings. The standard InChI is InChI=1S/C12H22N2/c1-5-11(13-2)12(14(3)4)9-7-6-8-10-12/h1,11,13H,6-10H2,2-4H3. The second-order valence-corrected chi connectivity index (χ2v) is 4.45. The predicted molar refractivity (Wildman–Crippen MR) is 61.2 cm³/mol. The Balaban J connectivity index is 2.85. The Morgan fingerprint density at radius 2 is 1.86 bits per heavy atom. The molecule has 1 atom stereocenters. The Bertz CT molecular complexity index is 209. The van der Waals surface area contributed by atoms with Crippen LogP contribution in [0.3, 0.4) is 0 Å². The largest absolute Gasteiger partial charge is 0.305 e. The van der Waals surface area contributed by atoms with Crippen molar-refractivity contribution in [2.45, 2.75) is 43.7 Å². The molecule has 1 unspecified atom stereocenters. The summed E-state index contributed by atoms with van der Waals surface area (Å²) in [5, 5.41) is 3.27. The fourth-order valence-electron chi connectivity index (χ4n) is 2.67. The minimum atomic E-state index is 0.179. The second-order valence-electron chi connectivity index (χ2n) is 4.45. The van der Waals surface area contributed by atoms with Crippen LogP contribution in [0.1, 0.15) is 32.1 Å². The maximum absolute atomic E-state index is 5.60. The smallest absolute Gasteiger partial charge is 0.0870 e. The minimum absolute atomic E-state index is 0.179. The Kier molecular flexibility index (Phi) is 3.97. The van der Waals surface area contributed by atoms with E-state index in [4.69, 9.17) is 6.42 Å². The topological polar surface area (TPSA) is 15.3 Å². The molecule has 14 heavy (non-hydrogen) atoms. The lowest BCUT2D eigenvalue weighted by molar-refractivity contribution is 0.0795. The lowest BCUT2D eigenvalue weighted by Gasteiger charge is -2.46. The van der Waals surface area contributed by atoms with Crippen LogP contribution in [0.25, 0.3) is 0 Å². The van der Waals surface area contributed by atoms with Crippen LogP contribution >= 0.6 is 0 Å². The van der Waals surface area contributed by atoms with Crippen LogP contribution in [0.4, 0.5) is 0 Å². The minimum Gasteiger partial charge on any atom is -0.305 e. The summed E-state index contributed by atoms with van der Waals surface area (Å²) in [4.78, 5) is 2.31. The SMILES string of the molecule is C#CC(NC)C1(N(C)C)CCCCC1. The van der Waals surface area contributed by atoms with Crippen molar-refractivity contribution in [1.29, 1.82) is 0 Å². The van der Waals surface area contributed by atoms with Crippen molar-refractivity contribution in [3.8, 4) is 12.3 Å². The summed E-state index contributed by atoms with van der Waals surface area (Å²) in [7, 11) is 6.25. The van der Waals surface area contributed by atoms with Crippen molar-refractivity contribution in [2.24, 2.45) is 0 Å². The van der Waals surface area contributed by atoms with Gasteiger partial charge in [0.05, 0.1) is 6.04 Å². The molecule has 1 saturated carbocycles. The van der Waals surface area contributed by atoms with Crippen molar-refractivity contribution >= 4 is 0 Å². The molecule has 0 aromatic carbocycles. The summed E-state index contributed by atoms with van der Waals surface area (Å²) in [6.45, 7) is 0. The quantitative estimate of drug-likeness (QED) is 0.685. The van der Waals surface area contributed by atoms with Gasteiger partial charge in [-0.1, -0.05) is 25.2 Å². The second kappa shape index (κ2) is 4.82. The van der Waals surface area contributed by atoms with Gasteiger partial charge < -0.3 is 10.2 Å². The maximum atomic E-state index is 5.60. The highest BCUT2D eigenvalue weighted by atomic mass is 15.2. The van der Waals surface area contributed by atoms with E-state index in [9.17, 15) is 0 Å². The van der Waals surface area contributed by atoms with Crippen LogP contribution in [0.2, 0.25) is 0 Å². The lowest BCUT2D eigenvalue weighted by Crippen LogP contribution is -2.58. The van der Waals surface area contributed by atoms with E-state index in [1.54, 1.807) is 0 Å². The maximum Gasteiger partial charge on any atom is 0.0870 e. The van der Waals surface area contributed by atoms with Crippen molar-refractivity contribution in [1.82, 2.24) is 10.2 Å². The fraction of sp³-hybridized carbons (Fsp3) is 0.833. The highest BCUT2D eigenvalue weighted by Crippen LogP contribution is 2.34. The average Bonchev–Trinajstić information content (AvgIpc) is 2.21. The molecule has 1 N–H and O–H groups in total. The molecule has 80 valence electrons. The normalized spacial score (nSPS) is 23.1. The molecule has 0 saturated heterocycles. The highest BCUT2D eigenvalue weighted by Gasteiger charge is 2.40. The van der Waals surface area contributed by atoms with Crippen molar-refractivity contribution < 1.29 is 0 Å². The molecule has 1 aliphatic carbocycles. The molecule has 0 aliphatic heterocycles. The van der Waals surface area contributed by atoms with E-state index in [0.29, 0.717) is 0 Å². The van der Waals surface area contributed by atoms with Gasteiger partial charge in [-0.2, -0.15) is 0 Å². The van der Waals surface area contributed by atoms with Gasteiger partial charge in [-0.25, -0.2) is 0 Å². The zero-order valence-electron chi connectivity index (χ0n) is 9.64. The monoisotopic (exact) mass is 194 g/mol. The summed E-state index contributed by atoms with van der Waals surface area (Å²) in [6.07, 6.45) is 12.0. The molecular formula is C12H22N2. The van der Waals surface area contributed by atoms with Crippen LogP contribution in [-0.2, 0) is 0 Å². The Morgan fingerprint density at radius 3 is 2.21 bits per heavy atom. The van der Waals surface area contributed by atoms with Gasteiger partial charge in [-0.15, -0.1) is 6.42 Å². The van der Waals surface area contributed by atoms with Crippen LogP contribution in [0.5, 0.6) is 0 Å². The summed E-state index contributed by atoms with van der Waals surface area (Å²) in [6, 6.07) is 0.179. The number of likely N-dealkylation sites (N-methyl/N-ethyl adjacent to an activating group) is 2. The molecule has 0 aromatic rings. The van der Waals surface area contributed by atoms with Crippen LogP contribution < -0.4 is 5.32 Å². The summed E-state index contributed by atoms with van der Waals surface area (Å²) < 4.78 is 0. The molecule has 0 amide bonds. The van der Waals surface area contributed by atoms with E-state index < -0.39 is 0 Å². The van der Waals surface area contributed by atoms with Gasteiger partial charge in [0.1, 0.15) is 0 Å². The Labute approximate surface area is 88.1 Å². The summed E-state index contributed by atoms with van der Waals surface area (Å²) in [5.41, 5.74) is 0.182. The predicted octanol–water partition coefficient (Wildman–Crippen LogP) is 1.47. The average molecular weight is 194 g/mol. The van der Waals surface area contributed by atoms with E-state index in [2.05, 4.69) is 30.2 Å². The first-order chi connectivity index (χ1) is 6.67. The third-order valence-corrected chi connectivity index (χ3v) is 3.60. The zero-order valence-corrected chi connectivity index (χ0v) is 9.64. The molecule has 0 aromatic heterocycles. The van der Waals surface area contributed by atoms with E-state index in [1.807, 2.05) is 7.05 Å². The first-order valence-electron chi connectivity index (χ1n) is 5.48. The molecule has 2 heteroatoms. The summed E-state index contributed by atoms with van der Waals surface area (Å²) in [5.74, 6) is 2.89. The van der Waals surface area contributed by atoms with Gasteiger partial charge in [-0.05, 0) is 34.0 Å². The van der Waals surface area contributed by atoms with Crippen molar-refractivity contribution in [2.75, 3.05) is 21.1 Å². The number of nitrogens with zero attached hydrogens (tertiary/aromatic N) is 1. The molecule has 1 rings (SSSR count). The summed E-state index contributed by atoms with van der Waals surface area (Å²) >= 11 is 0. The van der Waals surface area contributed by atoms with Gasteiger partial charge >= 0.3 is 0 Å². The van der Waals surface area contributed by atoms with E-state index >= 15 is 0 Å². The number of nitrogens with one attached hydrogen (secondary N) is 1. The highest BCUT2D eigenvalue weighted by molar-refractivity contribution is 5.13. The third-order valence-electron chi connectivity index (χ3n) is 3.60. The number of hydrogen-bond donors (Lipinski definition) is 1. The van der Waals surface area contributed by atoms with E-state index in [0.717, 1.165) is 0 Å².